The Labute approximate surface area is 184 Å². The van der Waals surface area contributed by atoms with Crippen molar-refractivity contribution in [2.24, 2.45) is 0 Å². The number of hydrogen-bond acceptors (Lipinski definition) is 2. The van der Waals surface area contributed by atoms with Crippen molar-refractivity contribution in [3.8, 4) is 6.07 Å². The summed E-state index contributed by atoms with van der Waals surface area (Å²) in [5, 5.41) is 11.8. The van der Waals surface area contributed by atoms with Crippen molar-refractivity contribution < 1.29 is 18.0 Å². The van der Waals surface area contributed by atoms with Crippen molar-refractivity contribution in [1.29, 1.82) is 5.26 Å². The molecule has 1 N–H and O–H groups in total. The van der Waals surface area contributed by atoms with Crippen molar-refractivity contribution in [1.82, 2.24) is 9.47 Å². The average Bonchev–Trinajstić information content (AvgIpc) is 3.19. The van der Waals surface area contributed by atoms with Gasteiger partial charge < -0.3 is 14.8 Å². The van der Waals surface area contributed by atoms with E-state index < -0.39 is 11.7 Å². The molecule has 5 nitrogen and oxygen atoms in total. The molecule has 0 aliphatic carbocycles. The van der Waals surface area contributed by atoms with Crippen LogP contribution >= 0.6 is 0 Å². The number of nitriles is 1. The molecule has 8 heteroatoms. The van der Waals surface area contributed by atoms with Gasteiger partial charge in [-0.15, -0.1) is 6.58 Å². The third-order valence-electron chi connectivity index (χ3n) is 4.76. The molecule has 0 spiro atoms. The lowest BCUT2D eigenvalue weighted by Crippen LogP contribution is -2.35. The molecule has 0 saturated carbocycles. The van der Waals surface area contributed by atoms with Gasteiger partial charge in [0.2, 0.25) is 0 Å². The van der Waals surface area contributed by atoms with Gasteiger partial charge in [-0.3, -0.25) is 0 Å². The molecule has 0 fully saturated rings. The van der Waals surface area contributed by atoms with E-state index in [4.69, 9.17) is 5.26 Å². The standard InChI is InChI=1S/C24H21F3N4O/c1-2-11-31(23(32)29-21-9-4-6-18(14-21)15-28)17-22-10-5-12-30(22)16-19-7-3-8-20(13-19)24(25,26)27/h2-10,12-14H,1,11,16-17H2,(H,29,32). The van der Waals surface area contributed by atoms with Crippen LogP contribution in [0.3, 0.4) is 0 Å². The Kier molecular flexibility index (Phi) is 7.00. The highest BCUT2D eigenvalue weighted by Gasteiger charge is 2.30. The fourth-order valence-electron chi connectivity index (χ4n) is 3.23. The van der Waals surface area contributed by atoms with Crippen molar-refractivity contribution in [2.45, 2.75) is 19.3 Å². The van der Waals surface area contributed by atoms with Crippen molar-refractivity contribution in [3.05, 3.63) is 102 Å². The lowest BCUT2D eigenvalue weighted by molar-refractivity contribution is -0.137. The summed E-state index contributed by atoms with van der Waals surface area (Å²) in [6.45, 7) is 4.41. The maximum atomic E-state index is 13.0. The highest BCUT2D eigenvalue weighted by molar-refractivity contribution is 5.89. The smallest absolute Gasteiger partial charge is 0.345 e. The second kappa shape index (κ2) is 9.88. The van der Waals surface area contributed by atoms with Gasteiger partial charge in [0, 0.05) is 30.7 Å². The average molecular weight is 438 g/mol. The van der Waals surface area contributed by atoms with E-state index in [1.54, 1.807) is 53.2 Å². The summed E-state index contributed by atoms with van der Waals surface area (Å²) in [5.41, 5.74) is 1.47. The van der Waals surface area contributed by atoms with Crippen LogP contribution in [0.25, 0.3) is 0 Å². The molecule has 0 saturated heterocycles. The number of carbonyl (C=O) groups is 1. The molecule has 0 unspecified atom stereocenters. The number of alkyl halides is 3. The molecule has 0 atom stereocenters. The number of carbonyl (C=O) groups excluding carboxylic acids is 1. The first-order valence-electron chi connectivity index (χ1n) is 9.77. The number of rotatable bonds is 7. The van der Waals surface area contributed by atoms with Crippen LogP contribution in [0.4, 0.5) is 23.7 Å². The first-order valence-corrected chi connectivity index (χ1v) is 9.77. The Bertz CT molecular complexity index is 1140. The fourth-order valence-corrected chi connectivity index (χ4v) is 3.23. The summed E-state index contributed by atoms with van der Waals surface area (Å²) in [5.74, 6) is 0. The Morgan fingerprint density at radius 3 is 2.66 bits per heavy atom. The lowest BCUT2D eigenvalue weighted by atomic mass is 10.1. The van der Waals surface area contributed by atoms with E-state index in [2.05, 4.69) is 11.9 Å². The molecule has 0 aliphatic rings. The van der Waals surface area contributed by atoms with Crippen molar-refractivity contribution >= 4 is 11.7 Å². The van der Waals surface area contributed by atoms with Gasteiger partial charge in [-0.25, -0.2) is 4.79 Å². The van der Waals surface area contributed by atoms with Gasteiger partial charge in [0.15, 0.2) is 0 Å². The topological polar surface area (TPSA) is 61.1 Å². The van der Waals surface area contributed by atoms with E-state index >= 15 is 0 Å². The maximum absolute atomic E-state index is 13.0. The van der Waals surface area contributed by atoms with Crippen molar-refractivity contribution in [2.75, 3.05) is 11.9 Å². The third-order valence-corrected chi connectivity index (χ3v) is 4.76. The molecule has 32 heavy (non-hydrogen) atoms. The predicted octanol–water partition coefficient (Wildman–Crippen LogP) is 5.65. The minimum Gasteiger partial charge on any atom is -0.345 e. The number of halogens is 3. The van der Waals surface area contributed by atoms with E-state index in [1.807, 2.05) is 12.1 Å². The molecule has 3 rings (SSSR count). The molecule has 2 amide bonds. The predicted molar refractivity (Wildman–Crippen MR) is 116 cm³/mol. The summed E-state index contributed by atoms with van der Waals surface area (Å²) in [7, 11) is 0. The summed E-state index contributed by atoms with van der Waals surface area (Å²) in [6.07, 6.45) is -1.06. The first-order chi connectivity index (χ1) is 15.3. The number of aromatic nitrogens is 1. The number of benzene rings is 2. The van der Waals surface area contributed by atoms with Crippen LogP contribution in [0.2, 0.25) is 0 Å². The summed E-state index contributed by atoms with van der Waals surface area (Å²) in [4.78, 5) is 14.3. The monoisotopic (exact) mass is 438 g/mol. The van der Waals surface area contributed by atoms with Gasteiger partial charge in [0.05, 0.1) is 23.7 Å². The third kappa shape index (κ3) is 5.79. The summed E-state index contributed by atoms with van der Waals surface area (Å²) >= 11 is 0. The lowest BCUT2D eigenvalue weighted by Gasteiger charge is -2.23. The van der Waals surface area contributed by atoms with E-state index in [-0.39, 0.29) is 25.7 Å². The minimum atomic E-state index is -4.41. The Balaban J connectivity index is 1.75. The van der Waals surface area contributed by atoms with Crippen LogP contribution in [-0.2, 0) is 19.3 Å². The zero-order chi connectivity index (χ0) is 23.1. The van der Waals surface area contributed by atoms with Gasteiger partial charge in [-0.05, 0) is 48.0 Å². The summed E-state index contributed by atoms with van der Waals surface area (Å²) in [6, 6.07) is 17.0. The molecular weight excluding hydrogens is 417 g/mol. The molecule has 1 aromatic heterocycles. The SMILES string of the molecule is C=CCN(Cc1cccn1Cc1cccc(C(F)(F)F)c1)C(=O)Nc1cccc(C#N)c1. The van der Waals surface area contributed by atoms with Gasteiger partial charge in [0.25, 0.3) is 0 Å². The minimum absolute atomic E-state index is 0.224. The first kappa shape index (κ1) is 22.7. The number of anilines is 1. The quantitative estimate of drug-likeness (QED) is 0.485. The van der Waals surface area contributed by atoms with Crippen LogP contribution in [0.1, 0.15) is 22.4 Å². The number of nitrogens with zero attached hydrogens (tertiary/aromatic N) is 3. The van der Waals surface area contributed by atoms with Crippen molar-refractivity contribution in [3.63, 3.8) is 0 Å². The van der Waals surface area contributed by atoms with Crippen LogP contribution < -0.4 is 5.32 Å². The fraction of sp³-hybridized carbons (Fsp3) is 0.167. The number of urea groups is 1. The number of amides is 2. The Morgan fingerprint density at radius 2 is 1.94 bits per heavy atom. The Hall–Kier alpha value is -3.99. The second-order valence-corrected chi connectivity index (χ2v) is 7.12. The van der Waals surface area contributed by atoms with E-state index in [1.165, 1.54) is 11.0 Å². The molecule has 0 radical (unpaired) electrons. The van der Waals surface area contributed by atoms with Gasteiger partial charge in [0.1, 0.15) is 0 Å². The van der Waals surface area contributed by atoms with Crippen LogP contribution in [-0.4, -0.2) is 22.0 Å². The molecule has 3 aromatic rings. The number of hydrogen-bond donors (Lipinski definition) is 1. The Morgan fingerprint density at radius 1 is 1.16 bits per heavy atom. The van der Waals surface area contributed by atoms with Gasteiger partial charge >= 0.3 is 12.2 Å². The number of nitrogens with one attached hydrogen (secondary N) is 1. The molecular formula is C24H21F3N4O. The van der Waals surface area contributed by atoms with Gasteiger partial charge in [-0.1, -0.05) is 24.3 Å². The van der Waals surface area contributed by atoms with Crippen LogP contribution in [0.15, 0.2) is 79.5 Å². The highest BCUT2D eigenvalue weighted by Crippen LogP contribution is 2.29. The normalized spacial score (nSPS) is 10.9. The van der Waals surface area contributed by atoms with Crippen LogP contribution in [0.5, 0.6) is 0 Å². The molecule has 0 bridgehead atoms. The van der Waals surface area contributed by atoms with E-state index in [9.17, 15) is 18.0 Å². The zero-order valence-electron chi connectivity index (χ0n) is 17.1. The van der Waals surface area contributed by atoms with Gasteiger partial charge in [-0.2, -0.15) is 18.4 Å². The van der Waals surface area contributed by atoms with E-state index in [0.717, 1.165) is 17.8 Å². The molecule has 2 aromatic carbocycles. The summed E-state index contributed by atoms with van der Waals surface area (Å²) < 4.78 is 40.8. The van der Waals surface area contributed by atoms with Crippen LogP contribution in [0, 0.1) is 11.3 Å². The molecule has 164 valence electrons. The second-order valence-electron chi connectivity index (χ2n) is 7.12. The van der Waals surface area contributed by atoms with E-state index in [0.29, 0.717) is 16.8 Å². The molecule has 0 aliphatic heterocycles. The zero-order valence-corrected chi connectivity index (χ0v) is 17.1. The molecule has 1 heterocycles. The largest absolute Gasteiger partial charge is 0.416 e. The maximum Gasteiger partial charge on any atom is 0.416 e. The highest BCUT2D eigenvalue weighted by atomic mass is 19.4.